The van der Waals surface area contributed by atoms with Crippen LogP contribution in [0.4, 0.5) is 10.3 Å². The highest BCUT2D eigenvalue weighted by atomic mass is 19.1. The molecule has 3 N–H and O–H groups in total. The van der Waals surface area contributed by atoms with Gasteiger partial charge in [-0.3, -0.25) is 10.1 Å². The monoisotopic (exact) mass is 481 g/mol. The molecule has 3 aromatic rings. The first-order valence-corrected chi connectivity index (χ1v) is 11.1. The molecule has 10 nitrogen and oxygen atoms in total. The summed E-state index contributed by atoms with van der Waals surface area (Å²) in [4.78, 5) is 25.2. The highest BCUT2D eigenvalue weighted by Gasteiger charge is 2.44. The number of nitrogens with one attached hydrogen (secondary N) is 3. The number of allylic oxidation sites excluding steroid dienone is 1. The van der Waals surface area contributed by atoms with Gasteiger partial charge in [0, 0.05) is 33.8 Å². The smallest absolute Gasteiger partial charge is 0.254 e. The van der Waals surface area contributed by atoms with Crippen molar-refractivity contribution in [3.05, 3.63) is 70.4 Å². The standard InChI is InChI=1S/C24H28FN7O3/c1-26-24(10-11-31(2)3)9-8-15(12-20(24)32(33)34)29-23-28-14-18(25)21(30-23)17-13-27-22-16(17)6-5-7-19(22)35-4/h5-9,12-14,20,26-27H,10-11H2,1-4H3,(H,28,29,30). The van der Waals surface area contributed by atoms with Gasteiger partial charge in [0.05, 0.1) is 18.8 Å². The summed E-state index contributed by atoms with van der Waals surface area (Å²) in [6.07, 6.45) is 8.38. The summed E-state index contributed by atoms with van der Waals surface area (Å²) in [7, 11) is 7.13. The van der Waals surface area contributed by atoms with Crippen molar-refractivity contribution in [1.29, 1.82) is 0 Å². The number of hydrogen-bond donors (Lipinski definition) is 3. The zero-order chi connectivity index (χ0) is 25.2. The third-order valence-electron chi connectivity index (χ3n) is 6.24. The predicted octanol–water partition coefficient (Wildman–Crippen LogP) is 3.19. The number of aromatic nitrogens is 3. The molecule has 2 unspecified atom stereocenters. The van der Waals surface area contributed by atoms with Gasteiger partial charge in [-0.15, -0.1) is 0 Å². The highest BCUT2D eigenvalue weighted by Crippen LogP contribution is 2.34. The van der Waals surface area contributed by atoms with Crippen LogP contribution in [-0.2, 0) is 0 Å². The van der Waals surface area contributed by atoms with Crippen molar-refractivity contribution in [3.8, 4) is 17.0 Å². The van der Waals surface area contributed by atoms with Gasteiger partial charge < -0.3 is 25.3 Å². The quantitative estimate of drug-likeness (QED) is 0.315. The second-order valence-electron chi connectivity index (χ2n) is 8.63. The van der Waals surface area contributed by atoms with Gasteiger partial charge in [-0.2, -0.15) is 0 Å². The van der Waals surface area contributed by atoms with E-state index in [9.17, 15) is 14.5 Å². The Labute approximate surface area is 202 Å². The molecule has 0 saturated heterocycles. The van der Waals surface area contributed by atoms with Gasteiger partial charge in [-0.1, -0.05) is 18.2 Å². The SMILES string of the molecule is CNC1(CCN(C)C)C=CC(Nc2ncc(F)c(-c3c[nH]c4c(OC)cccc34)n2)=CC1[N+](=O)[O-]. The number of rotatable bonds is 9. The van der Waals surface area contributed by atoms with E-state index < -0.39 is 17.4 Å². The van der Waals surface area contributed by atoms with Crippen LogP contribution in [-0.4, -0.2) is 71.2 Å². The molecule has 0 saturated carbocycles. The number of halogens is 1. The van der Waals surface area contributed by atoms with Crippen LogP contribution in [0.1, 0.15) is 6.42 Å². The van der Waals surface area contributed by atoms with Crippen LogP contribution in [0.2, 0.25) is 0 Å². The molecule has 184 valence electrons. The van der Waals surface area contributed by atoms with Crippen molar-refractivity contribution < 1.29 is 14.1 Å². The van der Waals surface area contributed by atoms with Gasteiger partial charge in [-0.25, -0.2) is 14.4 Å². The molecule has 0 fully saturated rings. The summed E-state index contributed by atoms with van der Waals surface area (Å²) in [6, 6.07) is 4.46. The van der Waals surface area contributed by atoms with Crippen molar-refractivity contribution in [3.63, 3.8) is 0 Å². The first-order chi connectivity index (χ1) is 16.8. The Hall–Kier alpha value is -3.83. The molecule has 0 radical (unpaired) electrons. The van der Waals surface area contributed by atoms with Crippen molar-refractivity contribution in [2.24, 2.45) is 0 Å². The number of hydrogen-bond acceptors (Lipinski definition) is 8. The van der Waals surface area contributed by atoms with Crippen LogP contribution >= 0.6 is 0 Å². The lowest BCUT2D eigenvalue weighted by atomic mass is 9.82. The average molecular weight is 482 g/mol. The van der Waals surface area contributed by atoms with Gasteiger partial charge >= 0.3 is 0 Å². The molecule has 1 aliphatic carbocycles. The molecule has 0 aliphatic heterocycles. The largest absolute Gasteiger partial charge is 0.495 e. The lowest BCUT2D eigenvalue weighted by Gasteiger charge is -2.35. The minimum absolute atomic E-state index is 0.101. The lowest BCUT2D eigenvalue weighted by molar-refractivity contribution is -0.519. The van der Waals surface area contributed by atoms with Crippen LogP contribution in [0, 0.1) is 15.9 Å². The normalized spacial score (nSPS) is 19.7. The maximum Gasteiger partial charge on any atom is 0.254 e. The molecule has 35 heavy (non-hydrogen) atoms. The molecule has 2 atom stereocenters. The van der Waals surface area contributed by atoms with Crippen LogP contribution in [0.25, 0.3) is 22.2 Å². The minimum atomic E-state index is -1.01. The lowest BCUT2D eigenvalue weighted by Crippen LogP contribution is -2.56. The number of nitrogens with zero attached hydrogens (tertiary/aromatic N) is 4. The van der Waals surface area contributed by atoms with E-state index in [0.717, 1.165) is 17.1 Å². The van der Waals surface area contributed by atoms with E-state index in [1.54, 1.807) is 32.5 Å². The maximum atomic E-state index is 14.8. The fourth-order valence-electron chi connectivity index (χ4n) is 4.28. The number of ether oxygens (including phenoxy) is 1. The number of fused-ring (bicyclic) bond motifs is 1. The molecule has 4 rings (SSSR count). The van der Waals surface area contributed by atoms with Gasteiger partial charge in [0.15, 0.2) is 5.82 Å². The van der Waals surface area contributed by atoms with E-state index in [0.29, 0.717) is 30.0 Å². The molecule has 1 aliphatic rings. The molecule has 2 heterocycles. The minimum Gasteiger partial charge on any atom is -0.495 e. The van der Waals surface area contributed by atoms with E-state index in [1.165, 1.54) is 6.08 Å². The highest BCUT2D eigenvalue weighted by molar-refractivity contribution is 5.97. The Morgan fingerprint density at radius 2 is 2.17 bits per heavy atom. The molecule has 0 bridgehead atoms. The number of H-pyrrole nitrogens is 1. The van der Waals surface area contributed by atoms with Gasteiger partial charge in [0.2, 0.25) is 5.95 Å². The Morgan fingerprint density at radius 3 is 2.86 bits per heavy atom. The second kappa shape index (κ2) is 9.80. The Balaban J connectivity index is 1.65. The summed E-state index contributed by atoms with van der Waals surface area (Å²) < 4.78 is 20.1. The molecule has 2 aromatic heterocycles. The number of aromatic amines is 1. The number of para-hydroxylation sites is 1. The van der Waals surface area contributed by atoms with Gasteiger partial charge in [-0.05, 0) is 46.3 Å². The molecule has 0 amide bonds. The third kappa shape index (κ3) is 4.73. The molecular formula is C24H28FN7O3. The Kier molecular flexibility index (Phi) is 6.81. The van der Waals surface area contributed by atoms with E-state index in [-0.39, 0.29) is 16.6 Å². The van der Waals surface area contributed by atoms with E-state index in [2.05, 4.69) is 25.6 Å². The van der Waals surface area contributed by atoms with Gasteiger partial charge in [0.1, 0.15) is 17.0 Å². The summed E-state index contributed by atoms with van der Waals surface area (Å²) in [5.41, 5.74) is 1.00. The number of methoxy groups -OCH3 is 1. The topological polar surface area (TPSA) is 121 Å². The molecule has 11 heteroatoms. The number of benzene rings is 1. The first kappa shape index (κ1) is 24.3. The van der Waals surface area contributed by atoms with Crippen molar-refractivity contribution >= 4 is 16.9 Å². The van der Waals surface area contributed by atoms with Crippen molar-refractivity contribution in [2.45, 2.75) is 18.0 Å². The zero-order valence-corrected chi connectivity index (χ0v) is 20.0. The van der Waals surface area contributed by atoms with Crippen LogP contribution < -0.4 is 15.4 Å². The fourth-order valence-corrected chi connectivity index (χ4v) is 4.28. The Morgan fingerprint density at radius 1 is 1.37 bits per heavy atom. The van der Waals surface area contributed by atoms with E-state index in [1.807, 2.05) is 37.2 Å². The maximum absolute atomic E-state index is 14.8. The summed E-state index contributed by atoms with van der Waals surface area (Å²) in [5.74, 6) is 0.169. The summed E-state index contributed by atoms with van der Waals surface area (Å²) in [6.45, 7) is 0.673. The predicted molar refractivity (Wildman–Crippen MR) is 132 cm³/mol. The van der Waals surface area contributed by atoms with Crippen LogP contribution in [0.5, 0.6) is 5.75 Å². The van der Waals surface area contributed by atoms with E-state index in [4.69, 9.17) is 4.74 Å². The fraction of sp³-hybridized carbons (Fsp3) is 0.333. The molecule has 0 spiro atoms. The third-order valence-corrected chi connectivity index (χ3v) is 6.24. The molecular weight excluding hydrogens is 453 g/mol. The van der Waals surface area contributed by atoms with Crippen LogP contribution in [0.3, 0.4) is 0 Å². The zero-order valence-electron chi connectivity index (χ0n) is 20.0. The average Bonchev–Trinajstić information content (AvgIpc) is 3.28. The Bertz CT molecular complexity index is 1300. The van der Waals surface area contributed by atoms with Gasteiger partial charge in [0.25, 0.3) is 6.04 Å². The summed E-state index contributed by atoms with van der Waals surface area (Å²) in [5, 5.41) is 18.8. The summed E-state index contributed by atoms with van der Waals surface area (Å²) >= 11 is 0. The van der Waals surface area contributed by atoms with Crippen molar-refractivity contribution in [1.82, 2.24) is 25.2 Å². The van der Waals surface area contributed by atoms with Crippen molar-refractivity contribution in [2.75, 3.05) is 40.1 Å². The molecule has 1 aromatic carbocycles. The van der Waals surface area contributed by atoms with E-state index >= 15 is 0 Å². The first-order valence-electron chi connectivity index (χ1n) is 11.1. The number of nitro groups is 1. The number of anilines is 1. The van der Waals surface area contributed by atoms with Crippen LogP contribution in [0.15, 0.2) is 54.5 Å². The second-order valence-corrected chi connectivity index (χ2v) is 8.63. The number of likely N-dealkylation sites (N-methyl/N-ethyl adjacent to an activating group) is 1.